The van der Waals surface area contributed by atoms with Crippen LogP contribution in [0.1, 0.15) is 29.2 Å². The monoisotopic (exact) mass is 547 g/mol. The van der Waals surface area contributed by atoms with Crippen LogP contribution in [0.25, 0.3) is 16.8 Å². The molecule has 0 N–H and O–H groups in total. The Kier molecular flexibility index (Phi) is 6.33. The molecule has 0 radical (unpaired) electrons. The lowest BCUT2D eigenvalue weighted by atomic mass is 10.1. The number of amides is 1. The zero-order valence-corrected chi connectivity index (χ0v) is 24.0. The van der Waals surface area contributed by atoms with Gasteiger partial charge in [0.25, 0.3) is 0 Å². The van der Waals surface area contributed by atoms with E-state index in [-0.39, 0.29) is 11.9 Å². The van der Waals surface area contributed by atoms with Crippen molar-refractivity contribution in [3.8, 4) is 22.6 Å². The van der Waals surface area contributed by atoms with Crippen LogP contribution < -0.4 is 19.3 Å². The van der Waals surface area contributed by atoms with Crippen LogP contribution in [0.3, 0.4) is 0 Å². The van der Waals surface area contributed by atoms with Crippen LogP contribution in [0.4, 0.5) is 16.6 Å². The average Bonchev–Trinajstić information content (AvgIpc) is 3.59. The van der Waals surface area contributed by atoms with E-state index in [1.807, 2.05) is 48.4 Å². The minimum absolute atomic E-state index is 0.230. The Labute approximate surface area is 231 Å². The van der Waals surface area contributed by atoms with Crippen LogP contribution in [0, 0.1) is 20.8 Å². The molecule has 10 nitrogen and oxygen atoms in total. The number of carbonyl (C=O) groups excluding carboxylic acids is 1. The van der Waals surface area contributed by atoms with E-state index in [0.717, 1.165) is 75.9 Å². The lowest BCUT2D eigenvalue weighted by molar-refractivity contribution is -0.129. The zero-order valence-electron chi connectivity index (χ0n) is 23.2. The van der Waals surface area contributed by atoms with Gasteiger partial charge in [-0.2, -0.15) is 9.61 Å². The Balaban J connectivity index is 1.52. The highest BCUT2D eigenvalue weighted by Gasteiger charge is 2.36. The van der Waals surface area contributed by atoms with Gasteiger partial charge in [0.1, 0.15) is 16.6 Å². The highest BCUT2D eigenvalue weighted by molar-refractivity contribution is 7.15. The fourth-order valence-corrected chi connectivity index (χ4v) is 6.72. The number of hydrogen-bond acceptors (Lipinski definition) is 9. The van der Waals surface area contributed by atoms with E-state index in [9.17, 15) is 4.79 Å². The topological polar surface area (TPSA) is 88.3 Å². The van der Waals surface area contributed by atoms with Gasteiger partial charge in [-0.1, -0.05) is 6.07 Å². The number of fused-ring (bicyclic) bond motifs is 2. The number of methoxy groups -OCH3 is 2. The molecule has 3 aromatic heterocycles. The number of anilines is 3. The first-order chi connectivity index (χ1) is 18.8. The predicted octanol–water partition coefficient (Wildman–Crippen LogP) is 4.37. The highest BCUT2D eigenvalue weighted by atomic mass is 32.1. The Bertz CT molecular complexity index is 1580. The molecule has 1 aromatic carbocycles. The number of aryl methyl sites for hydroxylation is 3. The molecule has 4 aromatic rings. The minimum Gasteiger partial charge on any atom is -0.493 e. The van der Waals surface area contributed by atoms with Crippen molar-refractivity contribution < 1.29 is 14.3 Å². The molecular formula is C28H33N7O3S. The second kappa shape index (κ2) is 9.71. The summed E-state index contributed by atoms with van der Waals surface area (Å²) in [5.74, 6) is 3.37. The van der Waals surface area contributed by atoms with E-state index >= 15 is 0 Å². The number of carbonyl (C=O) groups is 1. The maximum absolute atomic E-state index is 12.3. The van der Waals surface area contributed by atoms with Crippen molar-refractivity contribution in [3.05, 3.63) is 40.7 Å². The molecule has 11 heteroatoms. The Morgan fingerprint density at radius 1 is 1.03 bits per heavy atom. The molecule has 39 heavy (non-hydrogen) atoms. The molecule has 1 atom stereocenters. The van der Waals surface area contributed by atoms with Crippen LogP contribution in [-0.4, -0.2) is 77.3 Å². The molecule has 2 fully saturated rings. The Hall–Kier alpha value is -3.86. The van der Waals surface area contributed by atoms with Crippen LogP contribution in [0.2, 0.25) is 0 Å². The van der Waals surface area contributed by atoms with Crippen molar-refractivity contribution in [3.63, 3.8) is 0 Å². The SMILES string of the molecule is COc1ccc(-c2c(C)nn3c(N(C)c4sc(C)nc4C)cc(N4CCN5C(=O)CCC5C4)nc23)cc1OC. The summed E-state index contributed by atoms with van der Waals surface area (Å²) in [6.07, 6.45) is 1.53. The summed E-state index contributed by atoms with van der Waals surface area (Å²) < 4.78 is 13.0. The Morgan fingerprint density at radius 3 is 2.54 bits per heavy atom. The van der Waals surface area contributed by atoms with Gasteiger partial charge >= 0.3 is 0 Å². The maximum Gasteiger partial charge on any atom is 0.223 e. The van der Waals surface area contributed by atoms with Gasteiger partial charge in [0, 0.05) is 50.8 Å². The second-order valence-electron chi connectivity index (χ2n) is 10.1. The number of hydrogen-bond donors (Lipinski definition) is 0. The third-order valence-corrected chi connectivity index (χ3v) is 8.90. The summed E-state index contributed by atoms with van der Waals surface area (Å²) >= 11 is 1.66. The van der Waals surface area contributed by atoms with Gasteiger partial charge in [-0.3, -0.25) is 4.79 Å². The number of aromatic nitrogens is 4. The van der Waals surface area contributed by atoms with E-state index in [2.05, 4.69) is 27.9 Å². The van der Waals surface area contributed by atoms with Crippen molar-refractivity contribution in [2.24, 2.45) is 0 Å². The molecule has 0 spiro atoms. The third-order valence-electron chi connectivity index (χ3n) is 7.75. The largest absolute Gasteiger partial charge is 0.493 e. The van der Waals surface area contributed by atoms with Crippen LogP contribution in [0.5, 0.6) is 11.5 Å². The predicted molar refractivity (Wildman–Crippen MR) is 153 cm³/mol. The number of piperazine rings is 1. The molecule has 2 aliphatic heterocycles. The first-order valence-corrected chi connectivity index (χ1v) is 14.0. The van der Waals surface area contributed by atoms with Crippen molar-refractivity contribution in [2.75, 3.05) is 50.7 Å². The summed E-state index contributed by atoms with van der Waals surface area (Å²) in [7, 11) is 5.33. The lowest BCUT2D eigenvalue weighted by Crippen LogP contribution is -2.51. The van der Waals surface area contributed by atoms with Crippen LogP contribution in [-0.2, 0) is 4.79 Å². The zero-order chi connectivity index (χ0) is 27.4. The van der Waals surface area contributed by atoms with Gasteiger partial charge in [0.2, 0.25) is 5.91 Å². The van der Waals surface area contributed by atoms with E-state index in [1.165, 1.54) is 0 Å². The molecule has 204 valence electrons. The first kappa shape index (κ1) is 25.4. The van der Waals surface area contributed by atoms with Crippen molar-refractivity contribution in [1.29, 1.82) is 0 Å². The van der Waals surface area contributed by atoms with E-state index in [0.29, 0.717) is 17.9 Å². The summed E-state index contributed by atoms with van der Waals surface area (Å²) in [6.45, 7) is 8.30. The fourth-order valence-electron chi connectivity index (χ4n) is 5.83. The molecule has 2 saturated heterocycles. The number of rotatable bonds is 6. The quantitative estimate of drug-likeness (QED) is 0.352. The van der Waals surface area contributed by atoms with Gasteiger partial charge < -0.3 is 24.2 Å². The van der Waals surface area contributed by atoms with E-state index < -0.39 is 0 Å². The molecule has 1 amide bonds. The van der Waals surface area contributed by atoms with Crippen molar-refractivity contribution in [2.45, 2.75) is 39.7 Å². The van der Waals surface area contributed by atoms with Crippen LogP contribution in [0.15, 0.2) is 24.3 Å². The third kappa shape index (κ3) is 4.25. The molecular weight excluding hydrogens is 514 g/mol. The molecule has 1 unspecified atom stereocenters. The highest BCUT2D eigenvalue weighted by Crippen LogP contribution is 2.39. The number of ether oxygens (including phenoxy) is 2. The molecule has 0 saturated carbocycles. The summed E-state index contributed by atoms with van der Waals surface area (Å²) in [5.41, 5.74) is 4.51. The van der Waals surface area contributed by atoms with E-state index in [4.69, 9.17) is 19.6 Å². The van der Waals surface area contributed by atoms with E-state index in [1.54, 1.807) is 25.6 Å². The maximum atomic E-state index is 12.3. The van der Waals surface area contributed by atoms with Crippen molar-refractivity contribution in [1.82, 2.24) is 24.5 Å². The van der Waals surface area contributed by atoms with Gasteiger partial charge in [-0.25, -0.2) is 9.97 Å². The lowest BCUT2D eigenvalue weighted by Gasteiger charge is -2.38. The molecule has 0 bridgehead atoms. The first-order valence-electron chi connectivity index (χ1n) is 13.1. The normalized spacial score (nSPS) is 17.2. The standard InChI is InChI=1S/C28H33N7O3S/c1-16-26(19-7-9-21(37-5)22(13-19)38-6)27-30-23(33-11-12-34-20(15-33)8-10-25(34)36)14-24(35(27)31-16)32(4)28-17(2)29-18(3)39-28/h7,9,13-14,20H,8,10-12,15H2,1-6H3. The fraction of sp³-hybridized carbons (Fsp3) is 0.429. The smallest absolute Gasteiger partial charge is 0.223 e. The number of benzene rings is 1. The van der Waals surface area contributed by atoms with Crippen molar-refractivity contribution >= 4 is 39.5 Å². The summed E-state index contributed by atoms with van der Waals surface area (Å²) in [6, 6.07) is 8.24. The van der Waals surface area contributed by atoms with Gasteiger partial charge in [0.05, 0.1) is 30.6 Å². The molecule has 6 rings (SSSR count). The average molecular weight is 548 g/mol. The Morgan fingerprint density at radius 2 is 1.82 bits per heavy atom. The van der Waals surface area contributed by atoms with Crippen LogP contribution >= 0.6 is 11.3 Å². The molecule has 0 aliphatic carbocycles. The summed E-state index contributed by atoms with van der Waals surface area (Å²) in [4.78, 5) is 28.7. The molecule has 2 aliphatic rings. The van der Waals surface area contributed by atoms with Gasteiger partial charge in [-0.05, 0) is 44.9 Å². The van der Waals surface area contributed by atoms with Gasteiger partial charge in [0.15, 0.2) is 17.1 Å². The minimum atomic E-state index is 0.230. The second-order valence-corrected chi connectivity index (χ2v) is 11.3. The van der Waals surface area contributed by atoms with Gasteiger partial charge in [-0.15, -0.1) is 11.3 Å². The number of thiazole rings is 1. The number of nitrogens with zero attached hydrogens (tertiary/aromatic N) is 7. The summed E-state index contributed by atoms with van der Waals surface area (Å²) in [5, 5.41) is 7.06. The molecule has 5 heterocycles.